The van der Waals surface area contributed by atoms with Crippen LogP contribution in [0.5, 0.6) is 0 Å². The Morgan fingerprint density at radius 2 is 2.14 bits per heavy atom. The highest BCUT2D eigenvalue weighted by Crippen LogP contribution is 2.16. The van der Waals surface area contributed by atoms with Gasteiger partial charge in [-0.2, -0.15) is 4.98 Å². The molecule has 0 aliphatic heterocycles. The summed E-state index contributed by atoms with van der Waals surface area (Å²) in [6.45, 7) is 5.37. The Hall–Kier alpha value is -1.27. The van der Waals surface area contributed by atoms with Crippen LogP contribution in [0.1, 0.15) is 39.0 Å². The molecule has 5 nitrogen and oxygen atoms in total. The van der Waals surface area contributed by atoms with E-state index in [2.05, 4.69) is 50.2 Å². The van der Waals surface area contributed by atoms with Crippen LogP contribution in [0, 0.1) is 0 Å². The highest BCUT2D eigenvalue weighted by molar-refractivity contribution is 9.10. The second-order valence-electron chi connectivity index (χ2n) is 5.02. The maximum absolute atomic E-state index is 5.35. The summed E-state index contributed by atoms with van der Waals surface area (Å²) in [5, 5.41) is 7.54. The summed E-state index contributed by atoms with van der Waals surface area (Å²) in [5.74, 6) is 1.21. The van der Waals surface area contributed by atoms with Gasteiger partial charge in [-0.25, -0.2) is 0 Å². The standard InChI is InChI=1S/C15H21BrN4O/c1-3-5-12(17-8-4-2)9-14-19-15(20-21-14)13-7-6-11(16)10-18-13/h6-7,10,12,17H,3-5,8-9H2,1-2H3. The second-order valence-corrected chi connectivity index (χ2v) is 5.93. The van der Waals surface area contributed by atoms with Crippen LogP contribution in [0.15, 0.2) is 27.3 Å². The lowest BCUT2D eigenvalue weighted by molar-refractivity contribution is 0.350. The van der Waals surface area contributed by atoms with E-state index in [9.17, 15) is 0 Å². The van der Waals surface area contributed by atoms with Gasteiger partial charge >= 0.3 is 0 Å². The van der Waals surface area contributed by atoms with Gasteiger partial charge in [0.05, 0.1) is 0 Å². The first-order valence-corrected chi connectivity index (χ1v) is 8.20. The molecule has 0 saturated heterocycles. The van der Waals surface area contributed by atoms with Crippen molar-refractivity contribution in [3.63, 3.8) is 0 Å². The van der Waals surface area contributed by atoms with Crippen molar-refractivity contribution in [3.05, 3.63) is 28.7 Å². The Labute approximate surface area is 133 Å². The Balaban J connectivity index is 2.02. The van der Waals surface area contributed by atoms with Crippen LogP contribution in [0.25, 0.3) is 11.5 Å². The molecule has 0 aliphatic rings. The van der Waals surface area contributed by atoms with Crippen molar-refractivity contribution in [3.8, 4) is 11.5 Å². The SMILES string of the molecule is CCCNC(CCC)Cc1nc(-c2ccc(Br)cn2)no1. The number of halogens is 1. The van der Waals surface area contributed by atoms with Crippen LogP contribution in [-0.2, 0) is 6.42 Å². The van der Waals surface area contributed by atoms with Gasteiger partial charge in [-0.1, -0.05) is 25.4 Å². The van der Waals surface area contributed by atoms with Gasteiger partial charge in [0, 0.05) is 23.1 Å². The predicted octanol–water partition coefficient (Wildman–Crippen LogP) is 3.60. The molecule has 114 valence electrons. The first-order valence-electron chi connectivity index (χ1n) is 7.40. The summed E-state index contributed by atoms with van der Waals surface area (Å²) < 4.78 is 6.29. The Morgan fingerprint density at radius 3 is 2.81 bits per heavy atom. The van der Waals surface area contributed by atoms with Gasteiger partial charge in [0.2, 0.25) is 11.7 Å². The lowest BCUT2D eigenvalue weighted by Crippen LogP contribution is -2.31. The normalized spacial score (nSPS) is 12.5. The molecule has 0 aliphatic carbocycles. The monoisotopic (exact) mass is 352 g/mol. The first-order chi connectivity index (χ1) is 10.2. The van der Waals surface area contributed by atoms with Gasteiger partial charge in [-0.15, -0.1) is 0 Å². The maximum atomic E-state index is 5.35. The third-order valence-corrected chi connectivity index (χ3v) is 3.63. The molecule has 6 heteroatoms. The van der Waals surface area contributed by atoms with Crippen LogP contribution < -0.4 is 5.32 Å². The number of pyridine rings is 1. The van der Waals surface area contributed by atoms with Gasteiger partial charge in [-0.05, 0) is 47.4 Å². The molecule has 1 N–H and O–H groups in total. The Kier molecular flexibility index (Phi) is 6.32. The molecule has 0 radical (unpaired) electrons. The zero-order valence-corrected chi connectivity index (χ0v) is 14.1. The van der Waals surface area contributed by atoms with Crippen molar-refractivity contribution in [1.82, 2.24) is 20.4 Å². The van der Waals surface area contributed by atoms with Crippen LogP contribution in [0.3, 0.4) is 0 Å². The van der Waals surface area contributed by atoms with E-state index in [1.54, 1.807) is 6.20 Å². The van der Waals surface area contributed by atoms with Crippen LogP contribution in [0.4, 0.5) is 0 Å². The fourth-order valence-corrected chi connectivity index (χ4v) is 2.37. The molecule has 0 fully saturated rings. The van der Waals surface area contributed by atoms with Crippen molar-refractivity contribution >= 4 is 15.9 Å². The topological polar surface area (TPSA) is 63.8 Å². The highest BCUT2D eigenvalue weighted by atomic mass is 79.9. The molecule has 2 aromatic heterocycles. The number of nitrogens with one attached hydrogen (secondary N) is 1. The molecule has 2 heterocycles. The highest BCUT2D eigenvalue weighted by Gasteiger charge is 2.14. The molecule has 0 saturated carbocycles. The minimum Gasteiger partial charge on any atom is -0.339 e. The predicted molar refractivity (Wildman–Crippen MR) is 85.9 cm³/mol. The molecule has 2 rings (SSSR count). The molecule has 0 aromatic carbocycles. The van der Waals surface area contributed by atoms with Crippen LogP contribution >= 0.6 is 15.9 Å². The number of aromatic nitrogens is 3. The minimum atomic E-state index is 0.390. The quantitative estimate of drug-likeness (QED) is 0.786. The minimum absolute atomic E-state index is 0.390. The average molecular weight is 353 g/mol. The van der Waals surface area contributed by atoms with Crippen LogP contribution in [0.2, 0.25) is 0 Å². The summed E-state index contributed by atoms with van der Waals surface area (Å²) in [7, 11) is 0. The van der Waals surface area contributed by atoms with E-state index in [1.165, 1.54) is 0 Å². The van der Waals surface area contributed by atoms with E-state index in [1.807, 2.05) is 12.1 Å². The second kappa shape index (κ2) is 8.24. The fourth-order valence-electron chi connectivity index (χ4n) is 2.13. The summed E-state index contributed by atoms with van der Waals surface area (Å²) in [6.07, 6.45) is 5.86. The van der Waals surface area contributed by atoms with Gasteiger partial charge in [0.15, 0.2) is 0 Å². The van der Waals surface area contributed by atoms with Crippen molar-refractivity contribution in [2.75, 3.05) is 6.54 Å². The Morgan fingerprint density at radius 1 is 1.29 bits per heavy atom. The van der Waals surface area contributed by atoms with E-state index >= 15 is 0 Å². The lowest BCUT2D eigenvalue weighted by Gasteiger charge is -2.15. The molecule has 1 unspecified atom stereocenters. The van der Waals surface area contributed by atoms with Crippen molar-refractivity contribution in [1.29, 1.82) is 0 Å². The maximum Gasteiger partial charge on any atom is 0.228 e. The van der Waals surface area contributed by atoms with Gasteiger partial charge in [0.25, 0.3) is 0 Å². The van der Waals surface area contributed by atoms with E-state index in [-0.39, 0.29) is 0 Å². The van der Waals surface area contributed by atoms with Crippen molar-refractivity contribution in [2.24, 2.45) is 0 Å². The third kappa shape index (κ3) is 4.89. The third-order valence-electron chi connectivity index (χ3n) is 3.17. The van der Waals surface area contributed by atoms with E-state index in [4.69, 9.17) is 4.52 Å². The smallest absolute Gasteiger partial charge is 0.228 e. The zero-order chi connectivity index (χ0) is 15.1. The number of hydrogen-bond acceptors (Lipinski definition) is 5. The molecule has 0 amide bonds. The molecular formula is C15H21BrN4O. The van der Waals surface area contributed by atoms with Gasteiger partial charge in [-0.3, -0.25) is 4.98 Å². The van der Waals surface area contributed by atoms with E-state index < -0.39 is 0 Å². The molecule has 1 atom stereocenters. The molecular weight excluding hydrogens is 332 g/mol. The van der Waals surface area contributed by atoms with Gasteiger partial charge < -0.3 is 9.84 Å². The fraction of sp³-hybridized carbons (Fsp3) is 0.533. The number of hydrogen-bond donors (Lipinski definition) is 1. The summed E-state index contributed by atoms with van der Waals surface area (Å²) >= 11 is 3.36. The van der Waals surface area contributed by atoms with Gasteiger partial charge in [0.1, 0.15) is 5.69 Å². The number of rotatable bonds is 8. The van der Waals surface area contributed by atoms with Crippen molar-refractivity contribution in [2.45, 2.75) is 45.6 Å². The molecule has 21 heavy (non-hydrogen) atoms. The molecule has 0 bridgehead atoms. The van der Waals surface area contributed by atoms with E-state index in [0.29, 0.717) is 17.8 Å². The largest absolute Gasteiger partial charge is 0.339 e. The summed E-state index contributed by atoms with van der Waals surface area (Å²) in [4.78, 5) is 8.72. The lowest BCUT2D eigenvalue weighted by atomic mass is 10.1. The first kappa shape index (κ1) is 16.1. The summed E-state index contributed by atoms with van der Waals surface area (Å²) in [5.41, 5.74) is 0.724. The summed E-state index contributed by atoms with van der Waals surface area (Å²) in [6, 6.07) is 4.18. The average Bonchev–Trinajstić information content (AvgIpc) is 2.94. The molecule has 0 spiro atoms. The van der Waals surface area contributed by atoms with Crippen molar-refractivity contribution < 1.29 is 4.52 Å². The molecule has 2 aromatic rings. The zero-order valence-electron chi connectivity index (χ0n) is 12.5. The Bertz CT molecular complexity index is 541. The van der Waals surface area contributed by atoms with Crippen LogP contribution in [-0.4, -0.2) is 27.7 Å². The van der Waals surface area contributed by atoms with E-state index in [0.717, 1.165) is 42.4 Å². The number of nitrogens with zero attached hydrogens (tertiary/aromatic N) is 3.